The molecule has 2 aromatic carbocycles. The van der Waals surface area contributed by atoms with E-state index in [4.69, 9.17) is 27.9 Å². The zero-order chi connectivity index (χ0) is 23.6. The summed E-state index contributed by atoms with van der Waals surface area (Å²) in [6.45, 7) is 0.558. The lowest BCUT2D eigenvalue weighted by Gasteiger charge is -2.24. The molecule has 2 heterocycles. The van der Waals surface area contributed by atoms with Crippen molar-refractivity contribution in [3.8, 4) is 5.75 Å². The van der Waals surface area contributed by atoms with E-state index in [9.17, 15) is 18.0 Å². The Balaban J connectivity index is 1.41. The lowest BCUT2D eigenvalue weighted by atomic mass is 10.1. The molecule has 172 valence electrons. The molecule has 0 bridgehead atoms. The number of nitrogens with zero attached hydrogens (tertiary/aromatic N) is 2. The van der Waals surface area contributed by atoms with Gasteiger partial charge in [0.15, 0.2) is 0 Å². The molecule has 4 rings (SSSR count). The molecule has 0 radical (unpaired) electrons. The number of pyridine rings is 1. The van der Waals surface area contributed by atoms with Crippen LogP contribution in [0.2, 0.25) is 10.0 Å². The number of rotatable bonds is 5. The van der Waals surface area contributed by atoms with Crippen LogP contribution in [0.5, 0.6) is 5.75 Å². The van der Waals surface area contributed by atoms with Gasteiger partial charge >= 0.3 is 6.18 Å². The summed E-state index contributed by atoms with van der Waals surface area (Å²) in [5, 5.41) is 0.329. The molecule has 10 heteroatoms. The van der Waals surface area contributed by atoms with Crippen LogP contribution in [0, 0.1) is 0 Å². The Hall–Kier alpha value is -2.42. The third-order valence-corrected chi connectivity index (χ3v) is 6.87. The van der Waals surface area contributed by atoms with Gasteiger partial charge in [0.1, 0.15) is 17.7 Å². The molecule has 33 heavy (non-hydrogen) atoms. The SMILES string of the molecule is O=C(c1ccc(Cl)cc1)N1CCS[C@H]1c1ccc(OCc2ncc(C(F)(F)F)cc2Cl)cc1. The van der Waals surface area contributed by atoms with E-state index in [-0.39, 0.29) is 28.6 Å². The van der Waals surface area contributed by atoms with Crippen molar-refractivity contribution >= 4 is 40.9 Å². The fraction of sp³-hybridized carbons (Fsp3) is 0.217. The maximum absolute atomic E-state index is 12.9. The van der Waals surface area contributed by atoms with Crippen LogP contribution in [0.15, 0.2) is 60.8 Å². The Labute approximate surface area is 202 Å². The number of hydrogen-bond donors (Lipinski definition) is 0. The molecule has 1 aliphatic heterocycles. The number of ether oxygens (including phenoxy) is 1. The van der Waals surface area contributed by atoms with E-state index in [2.05, 4.69) is 4.98 Å². The van der Waals surface area contributed by atoms with Gasteiger partial charge in [-0.1, -0.05) is 35.3 Å². The molecule has 1 aliphatic rings. The number of alkyl halides is 3. The lowest BCUT2D eigenvalue weighted by Crippen LogP contribution is -2.30. The van der Waals surface area contributed by atoms with Crippen LogP contribution >= 0.6 is 35.0 Å². The highest BCUT2D eigenvalue weighted by Crippen LogP contribution is 2.39. The summed E-state index contributed by atoms with van der Waals surface area (Å²) < 4.78 is 43.9. The average molecular weight is 513 g/mol. The highest BCUT2D eigenvalue weighted by Gasteiger charge is 2.32. The summed E-state index contributed by atoms with van der Waals surface area (Å²) in [7, 11) is 0. The average Bonchev–Trinajstić information content (AvgIpc) is 3.28. The van der Waals surface area contributed by atoms with Crippen LogP contribution in [0.4, 0.5) is 13.2 Å². The van der Waals surface area contributed by atoms with Gasteiger partial charge in [-0.2, -0.15) is 13.2 Å². The van der Waals surface area contributed by atoms with E-state index in [0.29, 0.717) is 22.9 Å². The van der Waals surface area contributed by atoms with E-state index < -0.39 is 11.7 Å². The number of amides is 1. The number of carbonyl (C=O) groups excluding carboxylic acids is 1. The van der Waals surface area contributed by atoms with Crippen LogP contribution in [0.25, 0.3) is 0 Å². The van der Waals surface area contributed by atoms with Crippen molar-refractivity contribution < 1.29 is 22.7 Å². The number of aromatic nitrogens is 1. The number of thioether (sulfide) groups is 1. The smallest absolute Gasteiger partial charge is 0.417 e. The molecule has 1 amide bonds. The Morgan fingerprint density at radius 3 is 2.45 bits per heavy atom. The van der Waals surface area contributed by atoms with Gasteiger partial charge in [0.05, 0.1) is 16.3 Å². The third kappa shape index (κ3) is 5.57. The summed E-state index contributed by atoms with van der Waals surface area (Å²) in [5.41, 5.74) is 0.817. The second-order valence-electron chi connectivity index (χ2n) is 7.24. The first-order valence-corrected chi connectivity index (χ1v) is 11.7. The molecule has 1 fully saturated rings. The molecule has 1 aromatic heterocycles. The minimum Gasteiger partial charge on any atom is -0.487 e. The summed E-state index contributed by atoms with van der Waals surface area (Å²) in [5.74, 6) is 1.26. The van der Waals surface area contributed by atoms with Gasteiger partial charge in [-0.3, -0.25) is 9.78 Å². The number of halogens is 5. The van der Waals surface area contributed by atoms with Gasteiger partial charge in [0.2, 0.25) is 0 Å². The molecule has 1 saturated heterocycles. The Bertz CT molecular complexity index is 1140. The largest absolute Gasteiger partial charge is 0.487 e. The fourth-order valence-electron chi connectivity index (χ4n) is 3.32. The maximum Gasteiger partial charge on any atom is 0.417 e. The predicted octanol–water partition coefficient (Wildman–Crippen LogP) is 6.87. The topological polar surface area (TPSA) is 42.4 Å². The molecule has 4 nitrogen and oxygen atoms in total. The van der Waals surface area contributed by atoms with Crippen molar-refractivity contribution in [2.45, 2.75) is 18.2 Å². The first-order valence-electron chi connectivity index (χ1n) is 9.85. The normalized spacial score (nSPS) is 16.2. The molecule has 0 spiro atoms. The van der Waals surface area contributed by atoms with Crippen LogP contribution in [0.1, 0.15) is 32.6 Å². The van der Waals surface area contributed by atoms with Crippen LogP contribution < -0.4 is 4.74 Å². The van der Waals surface area contributed by atoms with Crippen molar-refractivity contribution in [3.63, 3.8) is 0 Å². The zero-order valence-corrected chi connectivity index (χ0v) is 19.3. The summed E-state index contributed by atoms with van der Waals surface area (Å²) in [6.07, 6.45) is -3.77. The Morgan fingerprint density at radius 1 is 1.12 bits per heavy atom. The maximum atomic E-state index is 12.9. The van der Waals surface area contributed by atoms with Crippen LogP contribution in [-0.4, -0.2) is 28.1 Å². The molecular formula is C23H17Cl2F3N2O2S. The first-order chi connectivity index (χ1) is 15.7. The number of hydrogen-bond acceptors (Lipinski definition) is 4. The predicted molar refractivity (Wildman–Crippen MR) is 123 cm³/mol. The van der Waals surface area contributed by atoms with Gasteiger partial charge in [-0.25, -0.2) is 0 Å². The second kappa shape index (κ2) is 9.83. The molecule has 0 N–H and O–H groups in total. The molecule has 0 unspecified atom stereocenters. The van der Waals surface area contributed by atoms with Crippen molar-refractivity contribution in [2.75, 3.05) is 12.3 Å². The molecule has 1 atom stereocenters. The van der Waals surface area contributed by atoms with Crippen LogP contribution in [0.3, 0.4) is 0 Å². The molecule has 3 aromatic rings. The summed E-state index contributed by atoms with van der Waals surface area (Å²) >= 11 is 13.5. The highest BCUT2D eigenvalue weighted by atomic mass is 35.5. The van der Waals surface area contributed by atoms with Crippen molar-refractivity contribution in [3.05, 3.63) is 93.2 Å². The van der Waals surface area contributed by atoms with E-state index >= 15 is 0 Å². The van der Waals surface area contributed by atoms with Gasteiger partial charge in [-0.05, 0) is 48.0 Å². The quantitative estimate of drug-likeness (QED) is 0.373. The summed E-state index contributed by atoms with van der Waals surface area (Å²) in [6, 6.07) is 14.9. The van der Waals surface area contributed by atoms with Gasteiger partial charge < -0.3 is 9.64 Å². The zero-order valence-electron chi connectivity index (χ0n) is 17.0. The monoisotopic (exact) mass is 512 g/mol. The fourth-order valence-corrected chi connectivity index (χ4v) is 4.92. The van der Waals surface area contributed by atoms with E-state index in [1.807, 2.05) is 17.0 Å². The minimum atomic E-state index is -4.51. The second-order valence-corrected chi connectivity index (χ2v) is 9.27. The molecular weight excluding hydrogens is 496 g/mol. The minimum absolute atomic E-state index is 0.0648. The van der Waals surface area contributed by atoms with Gasteiger partial charge in [-0.15, -0.1) is 11.8 Å². The van der Waals surface area contributed by atoms with E-state index in [1.165, 1.54) is 0 Å². The lowest BCUT2D eigenvalue weighted by molar-refractivity contribution is -0.137. The standard InChI is InChI=1S/C23H17Cl2F3N2O2S/c24-17-5-1-14(2-6-17)21(31)30-9-10-33-22(30)15-3-7-18(8-4-15)32-13-20-19(25)11-16(12-29-20)23(26,27)28/h1-8,11-12,22H,9-10,13H2/t22-/m0/s1. The molecule has 0 saturated carbocycles. The Kier molecular flexibility index (Phi) is 7.07. The Morgan fingerprint density at radius 2 is 1.82 bits per heavy atom. The van der Waals surface area contributed by atoms with Gasteiger partial charge in [0.25, 0.3) is 5.91 Å². The molecule has 0 aliphatic carbocycles. The van der Waals surface area contributed by atoms with Crippen molar-refractivity contribution in [1.82, 2.24) is 9.88 Å². The van der Waals surface area contributed by atoms with E-state index in [1.54, 1.807) is 48.2 Å². The van der Waals surface area contributed by atoms with E-state index in [0.717, 1.165) is 23.6 Å². The van der Waals surface area contributed by atoms with Crippen LogP contribution in [-0.2, 0) is 12.8 Å². The number of carbonyl (C=O) groups is 1. The van der Waals surface area contributed by atoms with Crippen molar-refractivity contribution in [2.24, 2.45) is 0 Å². The number of benzene rings is 2. The third-order valence-electron chi connectivity index (χ3n) is 5.03. The van der Waals surface area contributed by atoms with Gasteiger partial charge in [0, 0.05) is 29.1 Å². The first kappa shape index (κ1) is 23.7. The highest BCUT2D eigenvalue weighted by molar-refractivity contribution is 7.99. The van der Waals surface area contributed by atoms with Crippen molar-refractivity contribution in [1.29, 1.82) is 0 Å². The summed E-state index contributed by atoms with van der Waals surface area (Å²) in [4.78, 5) is 18.5.